The monoisotopic (exact) mass is 411 g/mol. The lowest BCUT2D eigenvalue weighted by Crippen LogP contribution is -2.16. The molecule has 1 atom stereocenters. The number of ketones is 1. The SMILES string of the molecule is C=N/C(C)=C(/COc1ccc(C)c(C(=O)c2c[nH]c3ncccc23)c1P)SC. The zero-order valence-corrected chi connectivity index (χ0v) is 18.0. The van der Waals surface area contributed by atoms with Gasteiger partial charge >= 0.3 is 0 Å². The van der Waals surface area contributed by atoms with Crippen LogP contribution in [0.25, 0.3) is 11.0 Å². The maximum atomic E-state index is 13.3. The lowest BCUT2D eigenvalue weighted by molar-refractivity contribution is 0.104. The second kappa shape index (κ2) is 8.72. The molecule has 0 saturated carbocycles. The van der Waals surface area contributed by atoms with Crippen LogP contribution in [0.4, 0.5) is 0 Å². The number of hydrogen-bond acceptors (Lipinski definition) is 5. The van der Waals surface area contributed by atoms with E-state index in [1.807, 2.05) is 44.4 Å². The van der Waals surface area contributed by atoms with Crippen LogP contribution in [-0.2, 0) is 0 Å². The molecule has 28 heavy (non-hydrogen) atoms. The highest BCUT2D eigenvalue weighted by atomic mass is 32.2. The number of ether oxygens (including phenoxy) is 1. The Morgan fingerprint density at radius 3 is 2.89 bits per heavy atom. The Labute approximate surface area is 170 Å². The van der Waals surface area contributed by atoms with Gasteiger partial charge in [-0.2, -0.15) is 0 Å². The number of nitrogens with one attached hydrogen (secondary N) is 1. The number of aliphatic imine (C=N–C) groups is 1. The van der Waals surface area contributed by atoms with Gasteiger partial charge in [0.05, 0.1) is 0 Å². The topological polar surface area (TPSA) is 67.3 Å². The van der Waals surface area contributed by atoms with Crippen molar-refractivity contribution in [2.24, 2.45) is 4.99 Å². The molecule has 3 rings (SSSR count). The zero-order valence-electron chi connectivity index (χ0n) is 16.1. The highest BCUT2D eigenvalue weighted by Gasteiger charge is 2.21. The van der Waals surface area contributed by atoms with Crippen molar-refractivity contribution < 1.29 is 9.53 Å². The summed E-state index contributed by atoms with van der Waals surface area (Å²) in [6.07, 6.45) is 5.39. The minimum absolute atomic E-state index is 0.0585. The van der Waals surface area contributed by atoms with Crippen LogP contribution in [0, 0.1) is 6.92 Å². The highest BCUT2D eigenvalue weighted by Crippen LogP contribution is 2.26. The second-order valence-electron chi connectivity index (χ2n) is 6.26. The number of aromatic nitrogens is 2. The summed E-state index contributed by atoms with van der Waals surface area (Å²) in [6, 6.07) is 7.52. The summed E-state index contributed by atoms with van der Waals surface area (Å²) < 4.78 is 6.00. The third-order valence-electron chi connectivity index (χ3n) is 4.58. The van der Waals surface area contributed by atoms with Crippen molar-refractivity contribution in [3.05, 3.63) is 64.0 Å². The average molecular weight is 411 g/mol. The van der Waals surface area contributed by atoms with Gasteiger partial charge in [0.1, 0.15) is 18.0 Å². The number of rotatable bonds is 7. The van der Waals surface area contributed by atoms with Crippen LogP contribution in [-0.4, -0.2) is 35.3 Å². The van der Waals surface area contributed by atoms with Crippen molar-refractivity contribution in [3.63, 3.8) is 0 Å². The number of pyridine rings is 1. The first-order chi connectivity index (χ1) is 13.5. The first-order valence-electron chi connectivity index (χ1n) is 8.67. The Hall–Kier alpha value is -2.43. The molecule has 0 aliphatic carbocycles. The Kier molecular flexibility index (Phi) is 6.32. The molecule has 1 unspecified atom stereocenters. The number of benzene rings is 1. The van der Waals surface area contributed by atoms with Crippen LogP contribution >= 0.6 is 21.0 Å². The van der Waals surface area contributed by atoms with Crippen molar-refractivity contribution in [3.8, 4) is 5.75 Å². The molecular weight excluding hydrogens is 389 g/mol. The summed E-state index contributed by atoms with van der Waals surface area (Å²) in [6.45, 7) is 7.78. The number of thioether (sulfide) groups is 1. The largest absolute Gasteiger partial charge is 0.488 e. The van der Waals surface area contributed by atoms with E-state index in [0.29, 0.717) is 29.1 Å². The van der Waals surface area contributed by atoms with Crippen LogP contribution in [0.1, 0.15) is 28.4 Å². The normalized spacial score (nSPS) is 12.0. The molecular formula is C21H22N3O2PS. The third kappa shape index (κ3) is 3.89. The number of aryl methyl sites for hydroxylation is 1. The summed E-state index contributed by atoms with van der Waals surface area (Å²) in [5.41, 5.74) is 3.66. The van der Waals surface area contributed by atoms with Gasteiger partial charge in [0.15, 0.2) is 5.78 Å². The third-order valence-corrected chi connectivity index (χ3v) is 6.06. The summed E-state index contributed by atoms with van der Waals surface area (Å²) in [5.74, 6) is 0.595. The number of carbonyl (C=O) groups excluding carboxylic acids is 1. The van der Waals surface area contributed by atoms with Crippen LogP contribution in [0.2, 0.25) is 0 Å². The maximum Gasteiger partial charge on any atom is 0.196 e. The Morgan fingerprint density at radius 1 is 1.39 bits per heavy atom. The van der Waals surface area contributed by atoms with E-state index in [1.165, 1.54) is 0 Å². The number of carbonyl (C=O) groups is 1. The molecule has 0 bridgehead atoms. The maximum absolute atomic E-state index is 13.3. The Balaban J connectivity index is 1.97. The van der Waals surface area contributed by atoms with E-state index in [9.17, 15) is 4.79 Å². The number of hydrogen-bond donors (Lipinski definition) is 1. The fourth-order valence-corrected chi connectivity index (χ4v) is 4.03. The number of nitrogens with zero attached hydrogens (tertiary/aromatic N) is 2. The van der Waals surface area contributed by atoms with E-state index < -0.39 is 0 Å². The molecule has 144 valence electrons. The molecule has 1 N–H and O–H groups in total. The van der Waals surface area contributed by atoms with Crippen molar-refractivity contribution >= 4 is 49.8 Å². The van der Waals surface area contributed by atoms with Crippen molar-refractivity contribution in [1.29, 1.82) is 0 Å². The van der Waals surface area contributed by atoms with Gasteiger partial charge in [0.25, 0.3) is 0 Å². The van der Waals surface area contributed by atoms with Gasteiger partial charge in [-0.05, 0) is 50.6 Å². The lowest BCUT2D eigenvalue weighted by atomic mass is 9.98. The van der Waals surface area contributed by atoms with Gasteiger partial charge in [0, 0.05) is 44.8 Å². The molecule has 0 aliphatic rings. The Bertz CT molecular complexity index is 1090. The average Bonchev–Trinajstić information content (AvgIpc) is 3.13. The molecule has 7 heteroatoms. The summed E-state index contributed by atoms with van der Waals surface area (Å²) in [5, 5.41) is 1.55. The summed E-state index contributed by atoms with van der Waals surface area (Å²) in [4.78, 5) is 25.6. The van der Waals surface area contributed by atoms with Gasteiger partial charge in [-0.3, -0.25) is 9.79 Å². The molecule has 0 radical (unpaired) electrons. The summed E-state index contributed by atoms with van der Waals surface area (Å²) >= 11 is 1.58. The molecule has 0 amide bonds. The number of H-pyrrole nitrogens is 1. The molecule has 0 spiro atoms. The molecule has 3 aromatic rings. The van der Waals surface area contributed by atoms with Crippen LogP contribution in [0.3, 0.4) is 0 Å². The quantitative estimate of drug-likeness (QED) is 0.358. The van der Waals surface area contributed by atoms with Gasteiger partial charge in [-0.15, -0.1) is 21.0 Å². The van der Waals surface area contributed by atoms with E-state index in [4.69, 9.17) is 4.74 Å². The molecule has 1 aromatic carbocycles. The smallest absolute Gasteiger partial charge is 0.196 e. The van der Waals surface area contributed by atoms with Crippen molar-refractivity contribution in [2.75, 3.05) is 12.9 Å². The molecule has 0 aliphatic heterocycles. The molecule has 0 fully saturated rings. The van der Waals surface area contributed by atoms with Gasteiger partial charge in [-0.25, -0.2) is 4.98 Å². The molecule has 0 saturated heterocycles. The minimum Gasteiger partial charge on any atom is -0.488 e. The number of allylic oxidation sites excluding steroid dienone is 1. The lowest BCUT2D eigenvalue weighted by Gasteiger charge is -2.15. The first-order valence-corrected chi connectivity index (χ1v) is 10.5. The predicted molar refractivity (Wildman–Crippen MR) is 121 cm³/mol. The van der Waals surface area contributed by atoms with Crippen LogP contribution < -0.4 is 10.0 Å². The van der Waals surface area contributed by atoms with Crippen molar-refractivity contribution in [2.45, 2.75) is 13.8 Å². The predicted octanol–water partition coefficient (Wildman–Crippen LogP) is 4.28. The fourth-order valence-electron chi connectivity index (χ4n) is 2.96. The van der Waals surface area contributed by atoms with E-state index >= 15 is 0 Å². The first kappa shape index (κ1) is 20.3. The Morgan fingerprint density at radius 2 is 2.18 bits per heavy atom. The number of aromatic amines is 1. The molecule has 2 aromatic heterocycles. The van der Waals surface area contributed by atoms with E-state index in [0.717, 1.165) is 26.9 Å². The molecule has 2 heterocycles. The zero-order chi connectivity index (χ0) is 20.3. The van der Waals surface area contributed by atoms with Gasteiger partial charge < -0.3 is 9.72 Å². The number of fused-ring (bicyclic) bond motifs is 1. The standard InChI is InChI=1S/C21H22N3O2PS/c1-12-7-8-16(26-11-17(28-4)13(2)22-3)20(27)18(12)19(25)15-10-24-21-14(15)6-5-9-23-21/h5-10H,3,11,27H2,1-2,4H3,(H,23,24)/b17-13-. The van der Waals surface area contributed by atoms with E-state index in [1.54, 1.807) is 24.2 Å². The van der Waals surface area contributed by atoms with Gasteiger partial charge in [0.2, 0.25) is 0 Å². The second-order valence-corrected chi connectivity index (χ2v) is 7.74. The minimum atomic E-state index is -0.0585. The summed E-state index contributed by atoms with van der Waals surface area (Å²) in [7, 11) is 2.66. The highest BCUT2D eigenvalue weighted by molar-refractivity contribution is 8.02. The van der Waals surface area contributed by atoms with Gasteiger partial charge in [-0.1, -0.05) is 6.07 Å². The van der Waals surface area contributed by atoms with E-state index in [2.05, 4.69) is 30.9 Å². The van der Waals surface area contributed by atoms with E-state index in [-0.39, 0.29) is 5.78 Å². The van der Waals surface area contributed by atoms with Crippen LogP contribution in [0.5, 0.6) is 5.75 Å². The van der Waals surface area contributed by atoms with Crippen molar-refractivity contribution in [1.82, 2.24) is 9.97 Å². The van der Waals surface area contributed by atoms with Crippen LogP contribution in [0.15, 0.2) is 52.3 Å². The molecule has 5 nitrogen and oxygen atoms in total. The fraction of sp³-hybridized carbons (Fsp3) is 0.190.